The van der Waals surface area contributed by atoms with Crippen LogP contribution in [0.4, 0.5) is 18.9 Å². The number of alkyl halides is 3. The smallest absolute Gasteiger partial charge is 0.322 e. The summed E-state index contributed by atoms with van der Waals surface area (Å²) in [5, 5.41) is 2.62. The molecule has 0 bridgehead atoms. The lowest BCUT2D eigenvalue weighted by Crippen LogP contribution is -2.08. The number of hydrogen-bond acceptors (Lipinski definition) is 1. The van der Waals surface area contributed by atoms with Crippen LogP contribution in [0.5, 0.6) is 0 Å². The second kappa shape index (κ2) is 7.06. The number of hydrogen-bond donors (Lipinski definition) is 1. The lowest BCUT2D eigenvalue weighted by atomic mass is 10.1. The van der Waals surface area contributed by atoms with E-state index in [0.717, 1.165) is 18.2 Å². The van der Waals surface area contributed by atoms with Gasteiger partial charge in [0.15, 0.2) is 0 Å². The molecule has 2 aromatic carbocycles. The molecule has 0 unspecified atom stereocenters. The van der Waals surface area contributed by atoms with Crippen molar-refractivity contribution in [1.82, 2.24) is 0 Å². The molecule has 2 rings (SSSR count). The monoisotopic (exact) mass is 359 g/mol. The second-order valence-corrected chi connectivity index (χ2v) is 5.41. The Bertz CT molecular complexity index is 757. The first kappa shape index (κ1) is 17.4. The van der Waals surface area contributed by atoms with E-state index in [9.17, 15) is 18.0 Å². The molecule has 2 nitrogen and oxygen atoms in total. The van der Waals surface area contributed by atoms with E-state index < -0.39 is 22.7 Å². The third-order valence-corrected chi connectivity index (χ3v) is 3.38. The fourth-order valence-electron chi connectivity index (χ4n) is 1.79. The number of nitrogens with one attached hydrogen (secondary N) is 1. The molecule has 0 heterocycles. The van der Waals surface area contributed by atoms with Crippen LogP contribution in [0.15, 0.2) is 48.5 Å². The minimum Gasteiger partial charge on any atom is -0.322 e. The van der Waals surface area contributed by atoms with Crippen LogP contribution in [0.1, 0.15) is 11.1 Å². The summed E-state index contributed by atoms with van der Waals surface area (Å²) in [5.41, 5.74) is -0.251. The van der Waals surface area contributed by atoms with Crippen LogP contribution in [0.3, 0.4) is 0 Å². The molecule has 0 saturated heterocycles. The van der Waals surface area contributed by atoms with Gasteiger partial charge in [-0.05, 0) is 42.0 Å². The Morgan fingerprint density at radius 3 is 2.48 bits per heavy atom. The van der Waals surface area contributed by atoms with Gasteiger partial charge in [0, 0.05) is 16.8 Å². The van der Waals surface area contributed by atoms with Gasteiger partial charge >= 0.3 is 6.18 Å². The molecule has 0 aromatic heterocycles. The fraction of sp³-hybridized carbons (Fsp3) is 0.0625. The number of carbonyl (C=O) groups is 1. The highest BCUT2D eigenvalue weighted by atomic mass is 35.5. The van der Waals surface area contributed by atoms with Crippen LogP contribution >= 0.6 is 23.2 Å². The molecule has 0 spiro atoms. The molecule has 0 atom stereocenters. The molecule has 0 radical (unpaired) electrons. The minimum absolute atomic E-state index is 0.211. The van der Waals surface area contributed by atoms with Gasteiger partial charge in [-0.25, -0.2) is 0 Å². The molecule has 0 aliphatic heterocycles. The highest BCUT2D eigenvalue weighted by molar-refractivity contribution is 6.31. The second-order valence-electron chi connectivity index (χ2n) is 4.57. The van der Waals surface area contributed by atoms with Crippen molar-refractivity contribution in [1.29, 1.82) is 0 Å². The summed E-state index contributed by atoms with van der Waals surface area (Å²) in [4.78, 5) is 11.8. The summed E-state index contributed by atoms with van der Waals surface area (Å²) in [7, 11) is 0. The van der Waals surface area contributed by atoms with Gasteiger partial charge in [0.2, 0.25) is 5.91 Å². The third-order valence-electron chi connectivity index (χ3n) is 2.82. The molecule has 7 heteroatoms. The molecule has 120 valence electrons. The maximum atomic E-state index is 12.8. The summed E-state index contributed by atoms with van der Waals surface area (Å²) >= 11 is 11.3. The molecule has 0 saturated carbocycles. The van der Waals surface area contributed by atoms with E-state index in [2.05, 4.69) is 5.32 Å². The first-order valence-electron chi connectivity index (χ1n) is 6.37. The zero-order valence-corrected chi connectivity index (χ0v) is 13.0. The van der Waals surface area contributed by atoms with E-state index in [4.69, 9.17) is 23.2 Å². The van der Waals surface area contributed by atoms with E-state index in [1.165, 1.54) is 12.1 Å². The summed E-state index contributed by atoms with van der Waals surface area (Å²) < 4.78 is 38.3. The maximum Gasteiger partial charge on any atom is 0.417 e. The van der Waals surface area contributed by atoms with Crippen LogP contribution in [-0.4, -0.2) is 5.91 Å². The lowest BCUT2D eigenvalue weighted by Gasteiger charge is -2.09. The van der Waals surface area contributed by atoms with E-state index in [1.54, 1.807) is 24.3 Å². The average Bonchev–Trinajstić information content (AvgIpc) is 2.45. The highest BCUT2D eigenvalue weighted by Crippen LogP contribution is 2.35. The predicted octanol–water partition coefficient (Wildman–Crippen LogP) is 5.66. The fourth-order valence-corrected chi connectivity index (χ4v) is 2.20. The number of amides is 1. The SMILES string of the molecule is O=C(/C=C/c1ccc(Cl)c(C(F)(F)F)c1)Nc1cccc(Cl)c1. The predicted molar refractivity (Wildman–Crippen MR) is 85.6 cm³/mol. The Morgan fingerprint density at radius 2 is 1.83 bits per heavy atom. The molecular weight excluding hydrogens is 350 g/mol. The van der Waals surface area contributed by atoms with Crippen molar-refractivity contribution in [3.8, 4) is 0 Å². The average molecular weight is 360 g/mol. The first-order chi connectivity index (χ1) is 10.8. The zero-order chi connectivity index (χ0) is 17.0. The summed E-state index contributed by atoms with van der Waals surface area (Å²) in [6.07, 6.45) is -2.15. The number of halogens is 5. The minimum atomic E-state index is -4.55. The van der Waals surface area contributed by atoms with Crippen LogP contribution in [0.25, 0.3) is 6.08 Å². The van der Waals surface area contributed by atoms with Crippen molar-refractivity contribution in [2.45, 2.75) is 6.18 Å². The van der Waals surface area contributed by atoms with Crippen molar-refractivity contribution in [2.75, 3.05) is 5.32 Å². The van der Waals surface area contributed by atoms with Gasteiger partial charge in [-0.15, -0.1) is 0 Å². The molecule has 23 heavy (non-hydrogen) atoms. The third kappa shape index (κ3) is 5.01. The highest BCUT2D eigenvalue weighted by Gasteiger charge is 2.33. The Hall–Kier alpha value is -1.98. The topological polar surface area (TPSA) is 29.1 Å². The molecule has 1 amide bonds. The Kier molecular flexibility index (Phi) is 5.34. The summed E-state index contributed by atoms with van der Waals surface area (Å²) in [5.74, 6) is -0.490. The van der Waals surface area contributed by atoms with Gasteiger partial charge in [0.25, 0.3) is 0 Å². The molecular formula is C16H10Cl2F3NO. The van der Waals surface area contributed by atoms with Gasteiger partial charge in [-0.2, -0.15) is 13.2 Å². The van der Waals surface area contributed by atoms with Gasteiger partial charge < -0.3 is 5.32 Å². The number of rotatable bonds is 3. The molecule has 0 fully saturated rings. The van der Waals surface area contributed by atoms with Crippen molar-refractivity contribution in [3.05, 3.63) is 69.7 Å². The van der Waals surface area contributed by atoms with Crippen LogP contribution in [-0.2, 0) is 11.0 Å². The summed E-state index contributed by atoms with van der Waals surface area (Å²) in [6, 6.07) is 9.92. The zero-order valence-electron chi connectivity index (χ0n) is 11.5. The van der Waals surface area contributed by atoms with Gasteiger partial charge in [-0.3, -0.25) is 4.79 Å². The van der Waals surface area contributed by atoms with Crippen molar-refractivity contribution >= 4 is 40.9 Å². The van der Waals surface area contributed by atoms with Gasteiger partial charge in [0.05, 0.1) is 10.6 Å². The van der Waals surface area contributed by atoms with Crippen LogP contribution < -0.4 is 5.32 Å². The molecule has 0 aliphatic rings. The molecule has 0 aliphatic carbocycles. The quantitative estimate of drug-likeness (QED) is 0.703. The van der Waals surface area contributed by atoms with E-state index in [0.29, 0.717) is 10.7 Å². The van der Waals surface area contributed by atoms with E-state index in [1.807, 2.05) is 0 Å². The largest absolute Gasteiger partial charge is 0.417 e. The Labute approximate surface area is 140 Å². The van der Waals surface area contributed by atoms with E-state index in [-0.39, 0.29) is 5.56 Å². The van der Waals surface area contributed by atoms with Gasteiger partial charge in [-0.1, -0.05) is 35.3 Å². The van der Waals surface area contributed by atoms with Crippen molar-refractivity contribution in [2.24, 2.45) is 0 Å². The van der Waals surface area contributed by atoms with Crippen LogP contribution in [0.2, 0.25) is 10.0 Å². The van der Waals surface area contributed by atoms with Crippen molar-refractivity contribution < 1.29 is 18.0 Å². The Morgan fingerprint density at radius 1 is 1.09 bits per heavy atom. The normalized spacial score (nSPS) is 11.7. The van der Waals surface area contributed by atoms with Crippen molar-refractivity contribution in [3.63, 3.8) is 0 Å². The van der Waals surface area contributed by atoms with Gasteiger partial charge in [0.1, 0.15) is 0 Å². The number of anilines is 1. The molecule has 2 aromatic rings. The van der Waals surface area contributed by atoms with E-state index >= 15 is 0 Å². The maximum absolute atomic E-state index is 12.8. The lowest BCUT2D eigenvalue weighted by molar-refractivity contribution is -0.137. The number of carbonyl (C=O) groups excluding carboxylic acids is 1. The Balaban J connectivity index is 2.12. The molecule has 1 N–H and O–H groups in total. The van der Waals surface area contributed by atoms with Crippen LogP contribution in [0, 0.1) is 0 Å². The first-order valence-corrected chi connectivity index (χ1v) is 7.13. The standard InChI is InChI=1S/C16H10Cl2F3NO/c17-11-2-1-3-12(9-11)22-15(23)7-5-10-4-6-14(18)13(8-10)16(19,20)21/h1-9H,(H,22,23)/b7-5+. The summed E-state index contributed by atoms with van der Waals surface area (Å²) in [6.45, 7) is 0. The number of benzene rings is 2.